The van der Waals surface area contributed by atoms with Crippen LogP contribution in [0.1, 0.15) is 17.3 Å². The lowest BCUT2D eigenvalue weighted by atomic mass is 9.92. The summed E-state index contributed by atoms with van der Waals surface area (Å²) in [6.07, 6.45) is -0.879. The van der Waals surface area contributed by atoms with E-state index in [9.17, 15) is 24.6 Å². The summed E-state index contributed by atoms with van der Waals surface area (Å²) in [5, 5.41) is 20.6. The summed E-state index contributed by atoms with van der Waals surface area (Å²) in [4.78, 5) is 37.7. The molecule has 2 N–H and O–H groups in total. The number of fused-ring (bicyclic) bond motifs is 2. The number of amides is 1. The summed E-state index contributed by atoms with van der Waals surface area (Å²) in [7, 11) is 0. The van der Waals surface area contributed by atoms with Crippen molar-refractivity contribution in [1.82, 2.24) is 4.90 Å². The van der Waals surface area contributed by atoms with E-state index in [0.717, 1.165) is 27.4 Å². The van der Waals surface area contributed by atoms with Crippen molar-refractivity contribution in [3.05, 3.63) is 58.6 Å². The molecule has 0 spiro atoms. The third-order valence-electron chi connectivity index (χ3n) is 4.89. The van der Waals surface area contributed by atoms with Gasteiger partial charge in [0.05, 0.1) is 22.5 Å². The number of rotatable bonds is 5. The lowest BCUT2D eigenvalue weighted by molar-refractivity contribution is -0.156. The minimum absolute atomic E-state index is 0.178. The van der Waals surface area contributed by atoms with Gasteiger partial charge in [-0.25, -0.2) is 9.59 Å². The van der Waals surface area contributed by atoms with Gasteiger partial charge in [0.1, 0.15) is 17.7 Å². The molecule has 2 aliphatic rings. The zero-order chi connectivity index (χ0) is 20.0. The van der Waals surface area contributed by atoms with Gasteiger partial charge < -0.3 is 14.9 Å². The molecule has 0 aliphatic carbocycles. The molecule has 2 heterocycles. The Morgan fingerprint density at radius 3 is 2.61 bits per heavy atom. The molecular formula is C20H17NO6S. The van der Waals surface area contributed by atoms with Gasteiger partial charge in [0.15, 0.2) is 0 Å². The van der Waals surface area contributed by atoms with E-state index in [-0.39, 0.29) is 12.3 Å². The first-order chi connectivity index (χ1) is 13.4. The highest BCUT2D eigenvalue weighted by Gasteiger charge is 2.57. The molecule has 0 unspecified atom stereocenters. The fourth-order valence-corrected chi connectivity index (χ4v) is 5.01. The Morgan fingerprint density at radius 2 is 1.93 bits per heavy atom. The van der Waals surface area contributed by atoms with Crippen LogP contribution >= 0.6 is 11.8 Å². The number of hydrogen-bond donors (Lipinski definition) is 2. The number of benzene rings is 2. The number of β-lactam (4-membered cyclic amide) rings is 1. The number of carboxylic acids is 1. The van der Waals surface area contributed by atoms with Gasteiger partial charge in [-0.3, -0.25) is 9.69 Å². The van der Waals surface area contributed by atoms with Gasteiger partial charge >= 0.3 is 11.9 Å². The van der Waals surface area contributed by atoms with Gasteiger partial charge in [-0.1, -0.05) is 42.1 Å². The Bertz CT molecular complexity index is 1030. The zero-order valence-corrected chi connectivity index (χ0v) is 15.7. The van der Waals surface area contributed by atoms with Gasteiger partial charge in [0.2, 0.25) is 5.91 Å². The molecule has 2 aromatic carbocycles. The number of carboxylic acid groups (broad SMARTS) is 1. The fourth-order valence-electron chi connectivity index (χ4n) is 3.49. The number of nitrogens with zero attached hydrogens (tertiary/aromatic N) is 1. The normalized spacial score (nSPS) is 22.1. The van der Waals surface area contributed by atoms with E-state index in [1.54, 1.807) is 12.1 Å². The topological polar surface area (TPSA) is 104 Å². The second-order valence-corrected chi connectivity index (χ2v) is 7.91. The Kier molecular flexibility index (Phi) is 4.60. The zero-order valence-electron chi connectivity index (χ0n) is 14.9. The Balaban J connectivity index is 1.51. The quantitative estimate of drug-likeness (QED) is 0.587. The van der Waals surface area contributed by atoms with Crippen LogP contribution in [0.5, 0.6) is 0 Å². The molecule has 0 radical (unpaired) electrons. The van der Waals surface area contributed by atoms with Crippen molar-refractivity contribution in [2.75, 3.05) is 6.61 Å². The predicted molar refractivity (Wildman–Crippen MR) is 102 cm³/mol. The number of hydrogen-bond acceptors (Lipinski definition) is 6. The van der Waals surface area contributed by atoms with Crippen LogP contribution in [0.2, 0.25) is 0 Å². The maximum atomic E-state index is 12.4. The van der Waals surface area contributed by atoms with E-state index in [0.29, 0.717) is 10.5 Å². The smallest absolute Gasteiger partial charge is 0.353 e. The monoisotopic (exact) mass is 399 g/mol. The molecule has 0 saturated carbocycles. The molecular weight excluding hydrogens is 382 g/mol. The Hall–Kier alpha value is -2.84. The second kappa shape index (κ2) is 6.96. The van der Waals surface area contributed by atoms with Crippen LogP contribution in [0, 0.1) is 5.92 Å². The number of aliphatic hydroxyl groups excluding tert-OH is 1. The lowest BCUT2D eigenvalue weighted by Gasteiger charge is -2.43. The van der Waals surface area contributed by atoms with Crippen molar-refractivity contribution in [3.63, 3.8) is 0 Å². The highest BCUT2D eigenvalue weighted by atomic mass is 32.2. The Labute approximate surface area is 164 Å². The van der Waals surface area contributed by atoms with Crippen molar-refractivity contribution in [2.24, 2.45) is 5.92 Å². The second-order valence-electron chi connectivity index (χ2n) is 6.70. The molecule has 4 rings (SSSR count). The molecule has 2 aromatic rings. The molecule has 1 fully saturated rings. The van der Waals surface area contributed by atoms with Gasteiger partial charge in [-0.15, -0.1) is 0 Å². The van der Waals surface area contributed by atoms with Crippen LogP contribution in [-0.4, -0.2) is 51.0 Å². The highest BCUT2D eigenvalue weighted by molar-refractivity contribution is 8.04. The van der Waals surface area contributed by atoms with Crippen molar-refractivity contribution in [1.29, 1.82) is 0 Å². The number of aliphatic carboxylic acids is 1. The van der Waals surface area contributed by atoms with Gasteiger partial charge in [-0.2, -0.15) is 0 Å². The minimum Gasteiger partial charge on any atom is -0.477 e. The number of ether oxygens (including phenoxy) is 1. The first-order valence-electron chi connectivity index (χ1n) is 8.68. The van der Waals surface area contributed by atoms with E-state index < -0.39 is 35.2 Å². The highest BCUT2D eigenvalue weighted by Crippen LogP contribution is 2.50. The minimum atomic E-state index is -1.26. The van der Waals surface area contributed by atoms with Crippen LogP contribution in [0.25, 0.3) is 10.8 Å². The average Bonchev–Trinajstić information content (AvgIpc) is 2.99. The third kappa shape index (κ3) is 2.94. The van der Waals surface area contributed by atoms with Crippen LogP contribution in [-0.2, 0) is 14.3 Å². The largest absolute Gasteiger partial charge is 0.477 e. The number of carbonyl (C=O) groups excluding carboxylic acids is 2. The standard InChI is InChI=1S/C20H17NO6S/c1-10(22)15-17(23)21-16(19(24)25)14(28-18(15)21)9-27-20(26)13-7-6-11-4-2-3-5-12(11)8-13/h2-8,10,15,18,22H,9H2,1H3,(H,24,25)/t10-,15+,18-/m1/s1. The SMILES string of the molecule is C[C@@H](O)[C@H]1C(=O)N2C(C(=O)O)=C(COC(=O)c3ccc4ccccc4c3)S[C@H]12. The van der Waals surface area contributed by atoms with Crippen molar-refractivity contribution in [3.8, 4) is 0 Å². The number of carbonyl (C=O) groups is 3. The van der Waals surface area contributed by atoms with E-state index in [1.807, 2.05) is 30.3 Å². The number of esters is 1. The molecule has 7 nitrogen and oxygen atoms in total. The van der Waals surface area contributed by atoms with Gasteiger partial charge in [-0.05, 0) is 29.8 Å². The predicted octanol–water partition coefficient (Wildman–Crippen LogP) is 2.20. The van der Waals surface area contributed by atoms with Crippen LogP contribution in [0.4, 0.5) is 0 Å². The van der Waals surface area contributed by atoms with E-state index in [4.69, 9.17) is 4.74 Å². The number of aliphatic hydroxyl groups is 1. The molecule has 2 aliphatic heterocycles. The number of thioether (sulfide) groups is 1. The lowest BCUT2D eigenvalue weighted by Crippen LogP contribution is -2.60. The third-order valence-corrected chi connectivity index (χ3v) is 6.24. The molecule has 8 heteroatoms. The molecule has 1 amide bonds. The van der Waals surface area contributed by atoms with Crippen molar-refractivity contribution >= 4 is 40.4 Å². The van der Waals surface area contributed by atoms with E-state index in [2.05, 4.69) is 0 Å². The van der Waals surface area contributed by atoms with E-state index >= 15 is 0 Å². The summed E-state index contributed by atoms with van der Waals surface area (Å²) >= 11 is 1.14. The summed E-state index contributed by atoms with van der Waals surface area (Å²) in [5.41, 5.74) is 0.184. The van der Waals surface area contributed by atoms with Gasteiger partial charge in [0.25, 0.3) is 0 Å². The van der Waals surface area contributed by atoms with Gasteiger partial charge in [0, 0.05) is 0 Å². The fraction of sp³-hybridized carbons (Fsp3) is 0.250. The van der Waals surface area contributed by atoms with Crippen molar-refractivity contribution < 1.29 is 29.3 Å². The molecule has 0 aromatic heterocycles. The first kappa shape index (κ1) is 18.5. The molecule has 1 saturated heterocycles. The average molecular weight is 399 g/mol. The van der Waals surface area contributed by atoms with Crippen LogP contribution in [0.3, 0.4) is 0 Å². The summed E-state index contributed by atoms with van der Waals surface area (Å²) in [6, 6.07) is 12.8. The maximum Gasteiger partial charge on any atom is 0.353 e. The molecule has 0 bridgehead atoms. The van der Waals surface area contributed by atoms with Crippen molar-refractivity contribution in [2.45, 2.75) is 18.4 Å². The summed E-state index contributed by atoms with van der Waals surface area (Å²) < 4.78 is 5.32. The van der Waals surface area contributed by atoms with Crippen LogP contribution < -0.4 is 0 Å². The first-order valence-corrected chi connectivity index (χ1v) is 9.56. The summed E-state index contributed by atoms with van der Waals surface area (Å²) in [6.45, 7) is 1.25. The Morgan fingerprint density at radius 1 is 1.21 bits per heavy atom. The maximum absolute atomic E-state index is 12.4. The molecule has 3 atom stereocenters. The van der Waals surface area contributed by atoms with Crippen LogP contribution in [0.15, 0.2) is 53.1 Å². The van der Waals surface area contributed by atoms with E-state index in [1.165, 1.54) is 6.92 Å². The summed E-state index contributed by atoms with van der Waals surface area (Å²) in [5.74, 6) is -2.92. The molecule has 144 valence electrons. The molecule has 28 heavy (non-hydrogen) atoms.